The highest BCUT2D eigenvalue weighted by Gasteiger charge is 2.41. The number of pyridine rings is 1. The minimum Gasteiger partial charge on any atom is -0.481 e. The fourth-order valence-corrected chi connectivity index (χ4v) is 3.33. The largest absolute Gasteiger partial charge is 0.481 e. The van der Waals surface area contributed by atoms with Gasteiger partial charge >= 0.3 is 5.97 Å². The Balaban J connectivity index is 2.11. The van der Waals surface area contributed by atoms with Crippen molar-refractivity contribution in [3.8, 4) is 0 Å². The van der Waals surface area contributed by atoms with Crippen molar-refractivity contribution >= 4 is 16.7 Å². The van der Waals surface area contributed by atoms with Crippen LogP contribution in [0, 0.1) is 6.92 Å². The number of rotatable bonds is 2. The lowest BCUT2D eigenvalue weighted by Gasteiger charge is -2.33. The molecule has 0 unspecified atom stereocenters. The molecule has 0 bridgehead atoms. The highest BCUT2D eigenvalue weighted by atomic mass is 16.4. The number of hydrogen-bond acceptors (Lipinski definition) is 2. The number of aryl methyl sites for hydroxylation is 1. The van der Waals surface area contributed by atoms with Gasteiger partial charge in [-0.1, -0.05) is 31.4 Å². The van der Waals surface area contributed by atoms with Gasteiger partial charge in [0, 0.05) is 17.3 Å². The zero-order valence-electron chi connectivity index (χ0n) is 11.7. The fourth-order valence-electron chi connectivity index (χ4n) is 3.33. The molecule has 1 aromatic heterocycles. The smallest absolute Gasteiger partial charge is 0.314 e. The maximum Gasteiger partial charge on any atom is 0.314 e. The first-order valence-electron chi connectivity index (χ1n) is 7.22. The van der Waals surface area contributed by atoms with Gasteiger partial charge in [0.2, 0.25) is 0 Å². The standard InChI is InChI=1S/C17H19NO2/c1-12-9-13-5-6-15(10-14(13)11-18-12)17(16(19)20)7-3-2-4-8-17/h5-6,9-11H,2-4,7-8H2,1H3,(H,19,20). The molecule has 1 aliphatic carbocycles. The summed E-state index contributed by atoms with van der Waals surface area (Å²) in [4.78, 5) is 16.2. The number of carboxylic acids is 1. The second kappa shape index (κ2) is 4.89. The van der Waals surface area contributed by atoms with Gasteiger partial charge in [-0.05, 0) is 42.8 Å². The van der Waals surface area contributed by atoms with Crippen LogP contribution in [0.5, 0.6) is 0 Å². The molecule has 0 amide bonds. The number of aliphatic carboxylic acids is 1. The summed E-state index contributed by atoms with van der Waals surface area (Å²) < 4.78 is 0. The number of benzene rings is 1. The molecule has 0 radical (unpaired) electrons. The number of carboxylic acid groups (broad SMARTS) is 1. The number of nitrogens with zero attached hydrogens (tertiary/aromatic N) is 1. The molecule has 0 saturated heterocycles. The van der Waals surface area contributed by atoms with E-state index in [-0.39, 0.29) is 0 Å². The van der Waals surface area contributed by atoms with Crippen molar-refractivity contribution in [3.63, 3.8) is 0 Å². The molecular formula is C17H19NO2. The first-order chi connectivity index (χ1) is 9.62. The number of aromatic nitrogens is 1. The average molecular weight is 269 g/mol. The SMILES string of the molecule is Cc1cc2ccc(C3(C(=O)O)CCCCC3)cc2cn1. The van der Waals surface area contributed by atoms with Gasteiger partial charge in [0.25, 0.3) is 0 Å². The van der Waals surface area contributed by atoms with E-state index in [1.54, 1.807) is 0 Å². The quantitative estimate of drug-likeness (QED) is 0.901. The summed E-state index contributed by atoms with van der Waals surface area (Å²) in [6.45, 7) is 1.97. The first kappa shape index (κ1) is 13.1. The van der Waals surface area contributed by atoms with Crippen molar-refractivity contribution in [2.75, 3.05) is 0 Å². The summed E-state index contributed by atoms with van der Waals surface area (Å²) in [5, 5.41) is 11.9. The van der Waals surface area contributed by atoms with Gasteiger partial charge in [-0.3, -0.25) is 9.78 Å². The van der Waals surface area contributed by atoms with Crippen LogP contribution in [0.4, 0.5) is 0 Å². The molecule has 1 heterocycles. The summed E-state index contributed by atoms with van der Waals surface area (Å²) in [6, 6.07) is 8.06. The first-order valence-corrected chi connectivity index (χ1v) is 7.22. The zero-order chi connectivity index (χ0) is 14.2. The van der Waals surface area contributed by atoms with Crippen LogP contribution in [0.15, 0.2) is 30.5 Å². The van der Waals surface area contributed by atoms with E-state index in [4.69, 9.17) is 0 Å². The van der Waals surface area contributed by atoms with Gasteiger partial charge < -0.3 is 5.11 Å². The predicted octanol–water partition coefficient (Wildman–Crippen LogP) is 3.83. The molecule has 1 saturated carbocycles. The van der Waals surface area contributed by atoms with Crippen LogP contribution >= 0.6 is 0 Å². The van der Waals surface area contributed by atoms with Gasteiger partial charge in [0.15, 0.2) is 0 Å². The minimum atomic E-state index is -0.697. The van der Waals surface area contributed by atoms with Crippen molar-refractivity contribution in [3.05, 3.63) is 41.7 Å². The van der Waals surface area contributed by atoms with Crippen LogP contribution in [0.2, 0.25) is 0 Å². The van der Waals surface area contributed by atoms with Gasteiger partial charge in [-0.2, -0.15) is 0 Å². The average Bonchev–Trinajstić information content (AvgIpc) is 2.47. The number of carbonyl (C=O) groups is 1. The van der Waals surface area contributed by atoms with E-state index < -0.39 is 11.4 Å². The second-order valence-corrected chi connectivity index (χ2v) is 5.84. The maximum absolute atomic E-state index is 11.9. The maximum atomic E-state index is 11.9. The van der Waals surface area contributed by atoms with Gasteiger partial charge in [-0.25, -0.2) is 0 Å². The van der Waals surface area contributed by atoms with E-state index in [1.165, 1.54) is 0 Å². The second-order valence-electron chi connectivity index (χ2n) is 5.84. The molecule has 1 N–H and O–H groups in total. The normalized spacial score (nSPS) is 18.1. The van der Waals surface area contributed by atoms with Gasteiger partial charge in [-0.15, -0.1) is 0 Å². The van der Waals surface area contributed by atoms with E-state index in [2.05, 4.69) is 4.98 Å². The number of fused-ring (bicyclic) bond motifs is 1. The summed E-state index contributed by atoms with van der Waals surface area (Å²) >= 11 is 0. The van der Waals surface area contributed by atoms with Crippen LogP contribution in [-0.2, 0) is 10.2 Å². The lowest BCUT2D eigenvalue weighted by Crippen LogP contribution is -2.37. The van der Waals surface area contributed by atoms with Crippen LogP contribution in [0.1, 0.15) is 43.4 Å². The lowest BCUT2D eigenvalue weighted by atomic mass is 9.69. The Kier molecular flexibility index (Phi) is 3.20. The summed E-state index contributed by atoms with van der Waals surface area (Å²) in [6.07, 6.45) is 6.46. The zero-order valence-corrected chi connectivity index (χ0v) is 11.7. The highest BCUT2D eigenvalue weighted by molar-refractivity contribution is 5.87. The predicted molar refractivity (Wildman–Crippen MR) is 78.9 cm³/mol. The Labute approximate surface area is 118 Å². The van der Waals surface area contributed by atoms with E-state index in [9.17, 15) is 9.90 Å². The summed E-state index contributed by atoms with van der Waals surface area (Å²) in [5.74, 6) is -0.684. The van der Waals surface area contributed by atoms with Crippen LogP contribution in [0.25, 0.3) is 10.8 Å². The van der Waals surface area contributed by atoms with E-state index in [1.807, 2.05) is 37.4 Å². The Bertz CT molecular complexity index is 657. The molecular weight excluding hydrogens is 250 g/mol. The molecule has 0 atom stereocenters. The third kappa shape index (κ3) is 2.07. The van der Waals surface area contributed by atoms with Gasteiger partial charge in [0.05, 0.1) is 5.41 Å². The molecule has 0 aliphatic heterocycles. The molecule has 1 aliphatic rings. The third-order valence-electron chi connectivity index (χ3n) is 4.53. The van der Waals surface area contributed by atoms with Crippen molar-refractivity contribution in [1.29, 1.82) is 0 Å². The fraction of sp³-hybridized carbons (Fsp3) is 0.412. The minimum absolute atomic E-state index is 0.684. The third-order valence-corrected chi connectivity index (χ3v) is 4.53. The Morgan fingerprint density at radius 3 is 2.60 bits per heavy atom. The molecule has 3 rings (SSSR count). The van der Waals surface area contributed by atoms with E-state index >= 15 is 0 Å². The van der Waals surface area contributed by atoms with Crippen LogP contribution < -0.4 is 0 Å². The summed E-state index contributed by atoms with van der Waals surface area (Å²) in [5.41, 5.74) is 1.22. The van der Waals surface area contributed by atoms with Crippen LogP contribution in [-0.4, -0.2) is 16.1 Å². The summed E-state index contributed by atoms with van der Waals surface area (Å²) in [7, 11) is 0. The van der Waals surface area contributed by atoms with E-state index in [0.717, 1.165) is 54.1 Å². The van der Waals surface area contributed by atoms with E-state index in [0.29, 0.717) is 0 Å². The van der Waals surface area contributed by atoms with Crippen molar-refractivity contribution in [2.45, 2.75) is 44.4 Å². The van der Waals surface area contributed by atoms with Crippen molar-refractivity contribution < 1.29 is 9.90 Å². The monoisotopic (exact) mass is 269 g/mol. The number of hydrogen-bond donors (Lipinski definition) is 1. The van der Waals surface area contributed by atoms with Crippen molar-refractivity contribution in [2.24, 2.45) is 0 Å². The molecule has 1 fully saturated rings. The van der Waals surface area contributed by atoms with Crippen LogP contribution in [0.3, 0.4) is 0 Å². The highest BCUT2D eigenvalue weighted by Crippen LogP contribution is 2.40. The molecule has 3 heteroatoms. The van der Waals surface area contributed by atoms with Gasteiger partial charge in [0.1, 0.15) is 0 Å². The lowest BCUT2D eigenvalue weighted by molar-refractivity contribution is -0.145. The molecule has 1 aromatic carbocycles. The van der Waals surface area contributed by atoms with Crippen molar-refractivity contribution in [1.82, 2.24) is 4.98 Å². The molecule has 2 aromatic rings. The Morgan fingerprint density at radius 2 is 1.90 bits per heavy atom. The topological polar surface area (TPSA) is 50.2 Å². The molecule has 20 heavy (non-hydrogen) atoms. The Hall–Kier alpha value is -1.90. The Morgan fingerprint density at radius 1 is 1.15 bits per heavy atom. The molecule has 104 valence electrons. The molecule has 0 spiro atoms. The molecule has 3 nitrogen and oxygen atoms in total.